The van der Waals surface area contributed by atoms with E-state index >= 15 is 0 Å². The first kappa shape index (κ1) is 9.11. The second-order valence-electron chi connectivity index (χ2n) is 3.12. The van der Waals surface area contributed by atoms with Gasteiger partial charge in [0.05, 0.1) is 0 Å². The zero-order chi connectivity index (χ0) is 8.97. The molecule has 0 aromatic heterocycles. The summed E-state index contributed by atoms with van der Waals surface area (Å²) in [6.45, 7) is 9.09. The summed E-state index contributed by atoms with van der Waals surface area (Å²) in [6.07, 6.45) is 0. The minimum atomic E-state index is 0.518. The number of benzene rings is 1. The molecule has 0 amide bonds. The Morgan fingerprint density at radius 3 is 2.25 bits per heavy atom. The van der Waals surface area contributed by atoms with Crippen LogP contribution in [0.15, 0.2) is 30.3 Å². The summed E-state index contributed by atoms with van der Waals surface area (Å²) in [5, 5.41) is 0. The van der Waals surface area contributed by atoms with Crippen LogP contribution in [0.25, 0.3) is 0 Å². The zero-order valence-corrected chi connectivity index (χ0v) is 7.83. The van der Waals surface area contributed by atoms with Crippen molar-refractivity contribution in [1.29, 1.82) is 0 Å². The number of hydrogen-bond donors (Lipinski definition) is 0. The first-order chi connectivity index (χ1) is 5.75. The summed E-state index contributed by atoms with van der Waals surface area (Å²) in [5.74, 6) is 0. The summed E-state index contributed by atoms with van der Waals surface area (Å²) in [5.41, 5.74) is 1.25. The molecule has 0 bridgehead atoms. The Morgan fingerprint density at radius 1 is 1.25 bits per heavy atom. The van der Waals surface area contributed by atoms with Gasteiger partial charge in [-0.1, -0.05) is 18.2 Å². The Kier molecular flexibility index (Phi) is 3.15. The minimum absolute atomic E-state index is 0.518. The van der Waals surface area contributed by atoms with Crippen LogP contribution in [0.5, 0.6) is 0 Å². The van der Waals surface area contributed by atoms with Gasteiger partial charge in [-0.15, -0.1) is 0 Å². The van der Waals surface area contributed by atoms with E-state index in [0.717, 1.165) is 6.54 Å². The molecule has 1 rings (SSSR count). The topological polar surface area (TPSA) is 3.24 Å². The molecule has 0 unspecified atom stereocenters. The molecule has 0 spiro atoms. The molecule has 0 saturated carbocycles. The van der Waals surface area contributed by atoms with E-state index in [-0.39, 0.29) is 0 Å². The van der Waals surface area contributed by atoms with Crippen LogP contribution in [0.4, 0.5) is 5.69 Å². The van der Waals surface area contributed by atoms with Crippen molar-refractivity contribution in [2.75, 3.05) is 11.4 Å². The maximum Gasteiger partial charge on any atom is 0.0368 e. The van der Waals surface area contributed by atoms with Crippen molar-refractivity contribution < 1.29 is 0 Å². The molecule has 0 aliphatic carbocycles. The fraction of sp³-hybridized carbons (Fsp3) is 0.364. The van der Waals surface area contributed by atoms with Gasteiger partial charge in [0, 0.05) is 18.3 Å². The molecule has 1 aromatic rings. The van der Waals surface area contributed by atoms with E-state index in [2.05, 4.69) is 49.9 Å². The van der Waals surface area contributed by atoms with Crippen LogP contribution in [0, 0.1) is 6.92 Å². The predicted octanol–water partition coefficient (Wildman–Crippen LogP) is 2.74. The van der Waals surface area contributed by atoms with Crippen molar-refractivity contribution in [3.63, 3.8) is 0 Å². The SMILES string of the molecule is [CH2]CN(c1ccccc1)C(C)C. The van der Waals surface area contributed by atoms with E-state index in [4.69, 9.17) is 0 Å². The standard InChI is InChI=1S/C11H16N/c1-4-12(10(2)3)11-8-6-5-7-9-11/h5-10H,1,4H2,2-3H3. The molecule has 0 heterocycles. The lowest BCUT2D eigenvalue weighted by Gasteiger charge is -2.27. The zero-order valence-electron chi connectivity index (χ0n) is 7.83. The second-order valence-corrected chi connectivity index (χ2v) is 3.12. The predicted molar refractivity (Wildman–Crippen MR) is 54.3 cm³/mol. The van der Waals surface area contributed by atoms with Crippen LogP contribution < -0.4 is 4.90 Å². The Morgan fingerprint density at radius 2 is 1.83 bits per heavy atom. The maximum atomic E-state index is 3.91. The molecule has 1 radical (unpaired) electrons. The van der Waals surface area contributed by atoms with Crippen LogP contribution in [-0.2, 0) is 0 Å². The summed E-state index contributed by atoms with van der Waals surface area (Å²) < 4.78 is 0. The summed E-state index contributed by atoms with van der Waals surface area (Å²) in [6, 6.07) is 10.9. The number of anilines is 1. The summed E-state index contributed by atoms with van der Waals surface area (Å²) in [7, 11) is 0. The third-order valence-corrected chi connectivity index (χ3v) is 1.95. The monoisotopic (exact) mass is 162 g/mol. The van der Waals surface area contributed by atoms with E-state index < -0.39 is 0 Å². The average Bonchev–Trinajstić information content (AvgIpc) is 2.07. The first-order valence-corrected chi connectivity index (χ1v) is 4.36. The molecular weight excluding hydrogens is 146 g/mol. The van der Waals surface area contributed by atoms with Crippen LogP contribution in [0.1, 0.15) is 13.8 Å². The van der Waals surface area contributed by atoms with Gasteiger partial charge in [-0.05, 0) is 32.9 Å². The summed E-state index contributed by atoms with van der Waals surface area (Å²) in [4.78, 5) is 2.26. The van der Waals surface area contributed by atoms with Crippen molar-refractivity contribution in [1.82, 2.24) is 0 Å². The molecule has 0 atom stereocenters. The van der Waals surface area contributed by atoms with Crippen molar-refractivity contribution >= 4 is 5.69 Å². The number of para-hydroxylation sites is 1. The first-order valence-electron chi connectivity index (χ1n) is 4.36. The van der Waals surface area contributed by atoms with E-state index in [1.165, 1.54) is 5.69 Å². The molecule has 1 nitrogen and oxygen atoms in total. The van der Waals surface area contributed by atoms with Gasteiger partial charge in [0.15, 0.2) is 0 Å². The quantitative estimate of drug-likeness (QED) is 0.660. The van der Waals surface area contributed by atoms with E-state index in [9.17, 15) is 0 Å². The van der Waals surface area contributed by atoms with Gasteiger partial charge < -0.3 is 4.90 Å². The lowest BCUT2D eigenvalue weighted by atomic mass is 10.2. The Labute approximate surface area is 75.0 Å². The van der Waals surface area contributed by atoms with Gasteiger partial charge in [-0.3, -0.25) is 0 Å². The van der Waals surface area contributed by atoms with Crippen LogP contribution in [0.3, 0.4) is 0 Å². The molecule has 65 valence electrons. The van der Waals surface area contributed by atoms with Crippen molar-refractivity contribution in [2.24, 2.45) is 0 Å². The maximum absolute atomic E-state index is 3.91. The van der Waals surface area contributed by atoms with E-state index in [1.807, 2.05) is 6.07 Å². The molecule has 0 fully saturated rings. The highest BCUT2D eigenvalue weighted by Crippen LogP contribution is 2.14. The van der Waals surface area contributed by atoms with E-state index in [1.54, 1.807) is 0 Å². The van der Waals surface area contributed by atoms with Crippen LogP contribution in [0.2, 0.25) is 0 Å². The Bertz CT molecular complexity index is 216. The Hall–Kier alpha value is -0.980. The second kappa shape index (κ2) is 4.15. The minimum Gasteiger partial charge on any atom is -0.369 e. The molecule has 1 aromatic carbocycles. The van der Waals surface area contributed by atoms with Gasteiger partial charge in [0.2, 0.25) is 0 Å². The summed E-state index contributed by atoms with van der Waals surface area (Å²) >= 11 is 0. The van der Waals surface area contributed by atoms with E-state index in [0.29, 0.717) is 6.04 Å². The lowest BCUT2D eigenvalue weighted by Crippen LogP contribution is -2.30. The highest BCUT2D eigenvalue weighted by Gasteiger charge is 2.05. The molecule has 1 heteroatoms. The highest BCUT2D eigenvalue weighted by molar-refractivity contribution is 5.46. The third-order valence-electron chi connectivity index (χ3n) is 1.95. The van der Waals surface area contributed by atoms with Crippen molar-refractivity contribution in [2.45, 2.75) is 19.9 Å². The normalized spacial score (nSPS) is 10.3. The van der Waals surface area contributed by atoms with Gasteiger partial charge >= 0.3 is 0 Å². The van der Waals surface area contributed by atoms with Gasteiger partial charge in [-0.2, -0.15) is 0 Å². The van der Waals surface area contributed by atoms with Gasteiger partial charge in [0.25, 0.3) is 0 Å². The molecule has 0 aliphatic heterocycles. The number of hydrogen-bond acceptors (Lipinski definition) is 1. The number of nitrogens with zero attached hydrogens (tertiary/aromatic N) is 1. The fourth-order valence-electron chi connectivity index (χ4n) is 1.30. The third kappa shape index (κ3) is 2.00. The number of rotatable bonds is 3. The smallest absolute Gasteiger partial charge is 0.0368 e. The largest absolute Gasteiger partial charge is 0.369 e. The van der Waals surface area contributed by atoms with Crippen LogP contribution in [-0.4, -0.2) is 12.6 Å². The fourth-order valence-corrected chi connectivity index (χ4v) is 1.30. The molecule has 0 N–H and O–H groups in total. The molecule has 12 heavy (non-hydrogen) atoms. The van der Waals surface area contributed by atoms with Crippen molar-refractivity contribution in [3.05, 3.63) is 37.3 Å². The molecular formula is C11H16N. The van der Waals surface area contributed by atoms with Gasteiger partial charge in [-0.25, -0.2) is 0 Å². The van der Waals surface area contributed by atoms with Crippen LogP contribution >= 0.6 is 0 Å². The molecule has 0 saturated heterocycles. The highest BCUT2D eigenvalue weighted by atomic mass is 15.1. The molecule has 0 aliphatic rings. The lowest BCUT2D eigenvalue weighted by molar-refractivity contribution is 0.722. The Balaban J connectivity index is 2.80. The van der Waals surface area contributed by atoms with Gasteiger partial charge in [0.1, 0.15) is 0 Å². The average molecular weight is 162 g/mol. The van der Waals surface area contributed by atoms with Crippen molar-refractivity contribution in [3.8, 4) is 0 Å².